The van der Waals surface area contributed by atoms with E-state index in [-0.39, 0.29) is 17.8 Å². The molecule has 7 heteroatoms. The van der Waals surface area contributed by atoms with Crippen molar-refractivity contribution in [2.24, 2.45) is 0 Å². The molecule has 0 fully saturated rings. The van der Waals surface area contributed by atoms with Gasteiger partial charge in [-0.1, -0.05) is 11.6 Å². The van der Waals surface area contributed by atoms with Crippen LogP contribution >= 0.6 is 11.6 Å². The van der Waals surface area contributed by atoms with E-state index in [4.69, 9.17) is 11.6 Å². The first-order chi connectivity index (χ1) is 12.9. The molecule has 1 amide bonds. The minimum absolute atomic E-state index is 0.0282. The van der Waals surface area contributed by atoms with Crippen LogP contribution in [-0.2, 0) is 11.2 Å². The molecule has 0 spiro atoms. The number of benzene rings is 2. The second-order valence-electron chi connectivity index (χ2n) is 6.78. The molecule has 0 radical (unpaired) electrons. The second kappa shape index (κ2) is 6.78. The van der Waals surface area contributed by atoms with Crippen molar-refractivity contribution in [3.05, 3.63) is 59.1 Å². The largest absolute Gasteiger partial charge is 0.358 e. The first kappa shape index (κ1) is 17.7. The summed E-state index contributed by atoms with van der Waals surface area (Å²) >= 11 is 6.02. The number of halogens is 2. The molecular weight excluding hydrogens is 367 g/mol. The Labute approximate surface area is 161 Å². The maximum absolute atomic E-state index is 13.5. The highest BCUT2D eigenvalue weighted by molar-refractivity contribution is 6.31. The fraction of sp³-hybridized carbons (Fsp3) is 0.250. The third-order valence-corrected chi connectivity index (χ3v) is 5.05. The van der Waals surface area contributed by atoms with Crippen molar-refractivity contribution in [2.45, 2.75) is 32.4 Å². The van der Waals surface area contributed by atoms with Gasteiger partial charge in [-0.05, 0) is 62.2 Å². The van der Waals surface area contributed by atoms with Crippen LogP contribution in [0.25, 0.3) is 10.9 Å². The van der Waals surface area contributed by atoms with E-state index in [9.17, 15) is 9.18 Å². The molecule has 138 valence electrons. The van der Waals surface area contributed by atoms with Crippen molar-refractivity contribution in [1.82, 2.24) is 9.97 Å². The zero-order chi connectivity index (χ0) is 19.1. The topological polar surface area (TPSA) is 58.1 Å². The molecule has 2 atom stereocenters. The first-order valence-corrected chi connectivity index (χ1v) is 9.10. The van der Waals surface area contributed by atoms with Crippen LogP contribution < -0.4 is 10.2 Å². The fourth-order valence-electron chi connectivity index (χ4n) is 3.56. The Morgan fingerprint density at radius 3 is 2.93 bits per heavy atom. The monoisotopic (exact) mass is 384 g/mol. The van der Waals surface area contributed by atoms with Crippen molar-refractivity contribution in [1.29, 1.82) is 0 Å². The molecule has 0 aliphatic carbocycles. The number of hydrogen-bond donors (Lipinski definition) is 1. The number of anilines is 2. The molecule has 5 nitrogen and oxygen atoms in total. The van der Waals surface area contributed by atoms with E-state index in [0.717, 1.165) is 16.6 Å². The lowest BCUT2D eigenvalue weighted by Crippen LogP contribution is -2.44. The Morgan fingerprint density at radius 2 is 2.11 bits per heavy atom. The number of amides is 1. The van der Waals surface area contributed by atoms with E-state index in [2.05, 4.69) is 15.3 Å². The highest BCUT2D eigenvalue weighted by Gasteiger charge is 2.33. The number of fused-ring (bicyclic) bond motifs is 2. The average molecular weight is 385 g/mol. The van der Waals surface area contributed by atoms with Crippen molar-refractivity contribution in [2.75, 3.05) is 10.2 Å². The van der Waals surface area contributed by atoms with Gasteiger partial charge in [-0.3, -0.25) is 4.79 Å². The van der Waals surface area contributed by atoms with Crippen LogP contribution in [0.3, 0.4) is 0 Å². The van der Waals surface area contributed by atoms with Gasteiger partial charge in [0.1, 0.15) is 24.0 Å². The zero-order valence-electron chi connectivity index (χ0n) is 14.9. The van der Waals surface area contributed by atoms with Crippen LogP contribution in [0.2, 0.25) is 5.02 Å². The molecule has 2 heterocycles. The summed E-state index contributed by atoms with van der Waals surface area (Å²) in [6, 6.07) is 9.35. The summed E-state index contributed by atoms with van der Waals surface area (Å²) in [6.45, 7) is 3.75. The van der Waals surface area contributed by atoms with Crippen LogP contribution in [-0.4, -0.2) is 28.0 Å². The van der Waals surface area contributed by atoms with Gasteiger partial charge in [0.05, 0.1) is 5.52 Å². The Morgan fingerprint density at radius 1 is 1.30 bits per heavy atom. The van der Waals surface area contributed by atoms with Gasteiger partial charge in [-0.25, -0.2) is 14.4 Å². The average Bonchev–Trinajstić information content (AvgIpc) is 2.95. The standard InChI is InChI=1S/C20H18ClFN4O/c1-11-7-13-8-15(22)4-6-18(13)26(11)20(27)12(2)25-19-16-5-3-14(21)9-17(16)23-10-24-19/h3-6,8-12H,7H2,1-2H3,(H,23,24,25)/t11-,12+/m0/s1. The predicted octanol–water partition coefficient (Wildman–Crippen LogP) is 4.20. The van der Waals surface area contributed by atoms with Gasteiger partial charge in [-0.15, -0.1) is 0 Å². The third kappa shape index (κ3) is 3.21. The van der Waals surface area contributed by atoms with Crippen LogP contribution in [0.5, 0.6) is 0 Å². The van der Waals surface area contributed by atoms with Gasteiger partial charge in [0.2, 0.25) is 5.91 Å². The molecule has 27 heavy (non-hydrogen) atoms. The molecular formula is C20H18ClFN4O. The summed E-state index contributed by atoms with van der Waals surface area (Å²) in [4.78, 5) is 23.3. The third-order valence-electron chi connectivity index (χ3n) is 4.82. The van der Waals surface area contributed by atoms with Crippen LogP contribution in [0.4, 0.5) is 15.9 Å². The number of rotatable bonds is 3. The number of nitrogens with one attached hydrogen (secondary N) is 1. The first-order valence-electron chi connectivity index (χ1n) is 8.72. The van der Waals surface area contributed by atoms with E-state index >= 15 is 0 Å². The van der Waals surface area contributed by atoms with Crippen molar-refractivity contribution < 1.29 is 9.18 Å². The minimum atomic E-state index is -0.516. The number of carbonyl (C=O) groups excluding carboxylic acids is 1. The quantitative estimate of drug-likeness (QED) is 0.735. The second-order valence-corrected chi connectivity index (χ2v) is 7.22. The van der Waals surface area contributed by atoms with Gasteiger partial charge >= 0.3 is 0 Å². The van der Waals surface area contributed by atoms with Crippen molar-refractivity contribution in [3.63, 3.8) is 0 Å². The van der Waals surface area contributed by atoms with E-state index in [1.807, 2.05) is 13.0 Å². The fourth-order valence-corrected chi connectivity index (χ4v) is 3.72. The highest BCUT2D eigenvalue weighted by Crippen LogP contribution is 2.33. The lowest BCUT2D eigenvalue weighted by molar-refractivity contribution is -0.119. The van der Waals surface area contributed by atoms with Gasteiger partial charge in [-0.2, -0.15) is 0 Å². The summed E-state index contributed by atoms with van der Waals surface area (Å²) in [5.41, 5.74) is 2.32. The Balaban J connectivity index is 1.61. The van der Waals surface area contributed by atoms with E-state index in [1.165, 1.54) is 18.5 Å². The van der Waals surface area contributed by atoms with Crippen molar-refractivity contribution >= 4 is 39.9 Å². The molecule has 0 bridgehead atoms. The van der Waals surface area contributed by atoms with Crippen LogP contribution in [0, 0.1) is 5.82 Å². The van der Waals surface area contributed by atoms with E-state index in [0.29, 0.717) is 22.8 Å². The highest BCUT2D eigenvalue weighted by atomic mass is 35.5. The summed E-state index contributed by atoms with van der Waals surface area (Å²) in [5.74, 6) is 0.199. The maximum atomic E-state index is 13.5. The Kier molecular flexibility index (Phi) is 4.44. The van der Waals surface area contributed by atoms with E-state index < -0.39 is 6.04 Å². The smallest absolute Gasteiger partial charge is 0.249 e. The molecule has 0 saturated heterocycles. The molecule has 1 N–H and O–H groups in total. The normalized spacial score (nSPS) is 17.0. The zero-order valence-corrected chi connectivity index (χ0v) is 15.7. The Hall–Kier alpha value is -2.73. The summed E-state index contributed by atoms with van der Waals surface area (Å²) in [6.07, 6.45) is 2.08. The molecule has 4 rings (SSSR count). The summed E-state index contributed by atoms with van der Waals surface area (Å²) in [5, 5.41) is 4.56. The van der Waals surface area contributed by atoms with Gasteiger partial charge in [0.15, 0.2) is 0 Å². The number of hydrogen-bond acceptors (Lipinski definition) is 4. The van der Waals surface area contributed by atoms with Crippen LogP contribution in [0.1, 0.15) is 19.4 Å². The lowest BCUT2D eigenvalue weighted by Gasteiger charge is -2.27. The molecule has 3 aromatic rings. The summed E-state index contributed by atoms with van der Waals surface area (Å²) in [7, 11) is 0. The van der Waals surface area contributed by atoms with Crippen molar-refractivity contribution in [3.8, 4) is 0 Å². The van der Waals surface area contributed by atoms with Gasteiger partial charge in [0.25, 0.3) is 0 Å². The SMILES string of the molecule is C[C@@H](Nc1ncnc2cc(Cl)ccc12)C(=O)N1c2ccc(F)cc2C[C@@H]1C. The lowest BCUT2D eigenvalue weighted by atomic mass is 10.1. The number of aromatic nitrogens is 2. The molecule has 2 aromatic carbocycles. The number of carbonyl (C=O) groups is 1. The van der Waals surface area contributed by atoms with E-state index in [1.54, 1.807) is 30.0 Å². The molecule has 1 aromatic heterocycles. The molecule has 0 saturated carbocycles. The number of nitrogens with zero attached hydrogens (tertiary/aromatic N) is 3. The predicted molar refractivity (Wildman–Crippen MR) is 105 cm³/mol. The molecule has 1 aliphatic rings. The minimum Gasteiger partial charge on any atom is -0.358 e. The van der Waals surface area contributed by atoms with Gasteiger partial charge in [0, 0.05) is 22.1 Å². The summed E-state index contributed by atoms with van der Waals surface area (Å²) < 4.78 is 13.5. The Bertz CT molecular complexity index is 1040. The van der Waals surface area contributed by atoms with Gasteiger partial charge < -0.3 is 10.2 Å². The maximum Gasteiger partial charge on any atom is 0.249 e. The van der Waals surface area contributed by atoms with Crippen LogP contribution in [0.15, 0.2) is 42.7 Å². The molecule has 1 aliphatic heterocycles. The molecule has 0 unspecified atom stereocenters.